The van der Waals surface area contributed by atoms with E-state index in [4.69, 9.17) is 4.74 Å². The standard InChI is InChI=1S/C11H18N2O2/c1-8-6-11(14,7-9(2)15-8)10-4-5-12-13(10)3/h4-5,8-9,14H,6-7H2,1-3H3. The molecule has 4 heteroatoms. The first-order valence-corrected chi connectivity index (χ1v) is 5.37. The van der Waals surface area contributed by atoms with Gasteiger partial charge in [-0.15, -0.1) is 0 Å². The topological polar surface area (TPSA) is 47.3 Å². The zero-order chi connectivity index (χ0) is 11.1. The maximum Gasteiger partial charge on any atom is 0.111 e. The molecule has 0 spiro atoms. The van der Waals surface area contributed by atoms with Gasteiger partial charge in [-0.3, -0.25) is 4.68 Å². The molecule has 0 bridgehead atoms. The fourth-order valence-electron chi connectivity index (χ4n) is 2.57. The summed E-state index contributed by atoms with van der Waals surface area (Å²) in [5.41, 5.74) is 0.0898. The Balaban J connectivity index is 2.29. The summed E-state index contributed by atoms with van der Waals surface area (Å²) in [5.74, 6) is 0. The van der Waals surface area contributed by atoms with Crippen LogP contribution in [0.15, 0.2) is 12.3 Å². The van der Waals surface area contributed by atoms with Crippen molar-refractivity contribution >= 4 is 0 Å². The Labute approximate surface area is 89.9 Å². The van der Waals surface area contributed by atoms with Crippen LogP contribution in [0.25, 0.3) is 0 Å². The van der Waals surface area contributed by atoms with Crippen LogP contribution >= 0.6 is 0 Å². The Morgan fingerprint density at radius 2 is 2.07 bits per heavy atom. The van der Waals surface area contributed by atoms with Crippen LogP contribution in [-0.2, 0) is 17.4 Å². The van der Waals surface area contributed by atoms with Gasteiger partial charge < -0.3 is 9.84 Å². The molecule has 1 saturated heterocycles. The molecule has 1 aliphatic rings. The molecule has 0 amide bonds. The van der Waals surface area contributed by atoms with E-state index in [1.54, 1.807) is 10.9 Å². The molecule has 4 nitrogen and oxygen atoms in total. The number of aromatic nitrogens is 2. The van der Waals surface area contributed by atoms with Gasteiger partial charge in [0, 0.05) is 26.1 Å². The molecule has 1 aromatic rings. The molecule has 0 aromatic carbocycles. The molecular weight excluding hydrogens is 192 g/mol. The monoisotopic (exact) mass is 210 g/mol. The van der Waals surface area contributed by atoms with Crippen LogP contribution in [0.2, 0.25) is 0 Å². The van der Waals surface area contributed by atoms with E-state index in [2.05, 4.69) is 5.10 Å². The Kier molecular flexibility index (Phi) is 2.56. The lowest BCUT2D eigenvalue weighted by atomic mass is 9.85. The third-order valence-electron chi connectivity index (χ3n) is 3.01. The summed E-state index contributed by atoms with van der Waals surface area (Å²) in [5, 5.41) is 14.7. The van der Waals surface area contributed by atoms with Crippen LogP contribution in [0.1, 0.15) is 32.4 Å². The number of aliphatic hydroxyl groups is 1. The van der Waals surface area contributed by atoms with Gasteiger partial charge in [-0.2, -0.15) is 5.10 Å². The Morgan fingerprint density at radius 1 is 1.47 bits per heavy atom. The van der Waals surface area contributed by atoms with Gasteiger partial charge in [-0.05, 0) is 19.9 Å². The van der Waals surface area contributed by atoms with Crippen LogP contribution < -0.4 is 0 Å². The fourth-order valence-corrected chi connectivity index (χ4v) is 2.57. The summed E-state index contributed by atoms with van der Waals surface area (Å²) in [7, 11) is 1.86. The van der Waals surface area contributed by atoms with E-state index in [1.807, 2.05) is 27.0 Å². The summed E-state index contributed by atoms with van der Waals surface area (Å²) in [6.45, 7) is 3.99. The predicted molar refractivity (Wildman–Crippen MR) is 56.3 cm³/mol. The highest BCUT2D eigenvalue weighted by Crippen LogP contribution is 2.36. The van der Waals surface area contributed by atoms with E-state index >= 15 is 0 Å². The molecule has 1 aliphatic heterocycles. The molecule has 0 saturated carbocycles. The van der Waals surface area contributed by atoms with Gasteiger partial charge in [-0.1, -0.05) is 0 Å². The maximum atomic E-state index is 10.6. The summed E-state index contributed by atoms with van der Waals surface area (Å²) in [6.07, 6.45) is 3.17. The summed E-state index contributed by atoms with van der Waals surface area (Å²) in [4.78, 5) is 0. The minimum atomic E-state index is -0.789. The molecule has 0 radical (unpaired) electrons. The van der Waals surface area contributed by atoms with Gasteiger partial charge in [-0.25, -0.2) is 0 Å². The van der Waals surface area contributed by atoms with Gasteiger partial charge in [0.25, 0.3) is 0 Å². The van der Waals surface area contributed by atoms with Crippen LogP contribution in [0.4, 0.5) is 0 Å². The SMILES string of the molecule is CC1CC(O)(c2ccnn2C)CC(C)O1. The predicted octanol–water partition coefficient (Wildman–Crippen LogP) is 1.20. The molecule has 0 aliphatic carbocycles. The van der Waals surface area contributed by atoms with E-state index in [1.165, 1.54) is 0 Å². The molecule has 1 N–H and O–H groups in total. The number of hydrogen-bond acceptors (Lipinski definition) is 3. The van der Waals surface area contributed by atoms with E-state index in [0.717, 1.165) is 5.69 Å². The highest BCUT2D eigenvalue weighted by Gasteiger charge is 2.40. The lowest BCUT2D eigenvalue weighted by molar-refractivity contribution is -0.138. The zero-order valence-electron chi connectivity index (χ0n) is 9.47. The first-order chi connectivity index (χ1) is 7.01. The third kappa shape index (κ3) is 1.92. The van der Waals surface area contributed by atoms with Crippen molar-refractivity contribution in [1.82, 2.24) is 9.78 Å². The largest absolute Gasteiger partial charge is 0.383 e. The van der Waals surface area contributed by atoms with Crippen molar-refractivity contribution in [3.05, 3.63) is 18.0 Å². The van der Waals surface area contributed by atoms with Crippen LogP contribution in [-0.4, -0.2) is 27.1 Å². The van der Waals surface area contributed by atoms with E-state index < -0.39 is 5.60 Å². The summed E-state index contributed by atoms with van der Waals surface area (Å²) >= 11 is 0. The first kappa shape index (κ1) is 10.6. The first-order valence-electron chi connectivity index (χ1n) is 5.37. The van der Waals surface area contributed by atoms with Crippen molar-refractivity contribution in [2.24, 2.45) is 7.05 Å². The Hall–Kier alpha value is -0.870. The zero-order valence-corrected chi connectivity index (χ0v) is 9.47. The van der Waals surface area contributed by atoms with Crippen LogP contribution in [0.3, 0.4) is 0 Å². The van der Waals surface area contributed by atoms with E-state index in [0.29, 0.717) is 12.8 Å². The molecular formula is C11H18N2O2. The molecule has 84 valence electrons. The van der Waals surface area contributed by atoms with Gasteiger partial charge in [0.05, 0.1) is 17.9 Å². The molecule has 1 aromatic heterocycles. The third-order valence-corrected chi connectivity index (χ3v) is 3.01. The normalized spacial score (nSPS) is 36.8. The average Bonchev–Trinajstić information content (AvgIpc) is 2.48. The molecule has 2 unspecified atom stereocenters. The van der Waals surface area contributed by atoms with Gasteiger partial charge >= 0.3 is 0 Å². The van der Waals surface area contributed by atoms with Crippen molar-refractivity contribution < 1.29 is 9.84 Å². The number of hydrogen-bond donors (Lipinski definition) is 1. The smallest absolute Gasteiger partial charge is 0.111 e. The fraction of sp³-hybridized carbons (Fsp3) is 0.727. The van der Waals surface area contributed by atoms with Crippen LogP contribution in [0, 0.1) is 0 Å². The second kappa shape index (κ2) is 3.61. The quantitative estimate of drug-likeness (QED) is 0.757. The molecule has 15 heavy (non-hydrogen) atoms. The minimum Gasteiger partial charge on any atom is -0.383 e. The molecule has 1 fully saturated rings. The molecule has 2 heterocycles. The minimum absolute atomic E-state index is 0.0913. The second-order valence-corrected chi connectivity index (χ2v) is 4.54. The lowest BCUT2D eigenvalue weighted by Gasteiger charge is -2.39. The average molecular weight is 210 g/mol. The van der Waals surface area contributed by atoms with Crippen molar-refractivity contribution in [3.8, 4) is 0 Å². The maximum absolute atomic E-state index is 10.6. The van der Waals surface area contributed by atoms with E-state index in [-0.39, 0.29) is 12.2 Å². The van der Waals surface area contributed by atoms with E-state index in [9.17, 15) is 5.11 Å². The van der Waals surface area contributed by atoms with Crippen molar-refractivity contribution in [2.45, 2.75) is 44.5 Å². The van der Waals surface area contributed by atoms with Crippen molar-refractivity contribution in [2.75, 3.05) is 0 Å². The summed E-state index contributed by atoms with van der Waals surface area (Å²) < 4.78 is 7.37. The summed E-state index contributed by atoms with van der Waals surface area (Å²) in [6, 6.07) is 1.88. The highest BCUT2D eigenvalue weighted by molar-refractivity contribution is 5.13. The Morgan fingerprint density at radius 3 is 2.53 bits per heavy atom. The number of aryl methyl sites for hydroxylation is 1. The van der Waals surface area contributed by atoms with Crippen LogP contribution in [0.5, 0.6) is 0 Å². The van der Waals surface area contributed by atoms with Gasteiger partial charge in [0.15, 0.2) is 0 Å². The molecule has 2 rings (SSSR count). The van der Waals surface area contributed by atoms with Crippen molar-refractivity contribution in [3.63, 3.8) is 0 Å². The number of nitrogens with zero attached hydrogens (tertiary/aromatic N) is 2. The van der Waals surface area contributed by atoms with Gasteiger partial charge in [0.1, 0.15) is 5.60 Å². The van der Waals surface area contributed by atoms with Crippen molar-refractivity contribution in [1.29, 1.82) is 0 Å². The Bertz CT molecular complexity index is 338. The van der Waals surface area contributed by atoms with Gasteiger partial charge in [0.2, 0.25) is 0 Å². The number of rotatable bonds is 1. The molecule has 2 atom stereocenters. The highest BCUT2D eigenvalue weighted by atomic mass is 16.5. The lowest BCUT2D eigenvalue weighted by Crippen LogP contribution is -2.42. The second-order valence-electron chi connectivity index (χ2n) is 4.54. The number of ether oxygens (including phenoxy) is 1.